The summed E-state index contributed by atoms with van der Waals surface area (Å²) in [6, 6.07) is 13.2. The Balaban J connectivity index is 1.14. The fourth-order valence-corrected chi connectivity index (χ4v) is 11.5. The molecule has 5 aliphatic rings. The van der Waals surface area contributed by atoms with Crippen LogP contribution in [0, 0.1) is 16.7 Å². The van der Waals surface area contributed by atoms with Gasteiger partial charge in [-0.25, -0.2) is 5.43 Å². The number of ether oxygens (including phenoxy) is 2. The lowest BCUT2D eigenvalue weighted by Crippen LogP contribution is -2.62. The van der Waals surface area contributed by atoms with Gasteiger partial charge in [-0.2, -0.15) is 0 Å². The maximum Gasteiger partial charge on any atom is 0.324 e. The van der Waals surface area contributed by atoms with Gasteiger partial charge in [-0.05, 0) is 130 Å². The van der Waals surface area contributed by atoms with Gasteiger partial charge in [0.25, 0.3) is 5.91 Å². The highest BCUT2D eigenvalue weighted by Crippen LogP contribution is 2.44. The summed E-state index contributed by atoms with van der Waals surface area (Å²) < 4.78 is 14.3. The van der Waals surface area contributed by atoms with E-state index in [4.69, 9.17) is 14.5 Å². The van der Waals surface area contributed by atoms with Crippen LogP contribution in [-0.4, -0.2) is 106 Å². The number of rotatable bonds is 8. The Bertz CT molecular complexity index is 2470. The number of carbonyl (C=O) groups is 4. The van der Waals surface area contributed by atoms with E-state index in [1.807, 2.05) is 19.1 Å². The van der Waals surface area contributed by atoms with E-state index in [0.29, 0.717) is 57.4 Å². The minimum atomic E-state index is -1.07. The second-order valence-corrected chi connectivity index (χ2v) is 20.0. The number of carbonyl (C=O) groups excluding carboxylic acids is 4. The molecule has 1 aliphatic carbocycles. The molecule has 4 aliphatic heterocycles. The SMILES string of the molecule is CCn1c(-c2cccnc2[C@H](C)OC)c2c3cc(ccc31)-c1cc(O)cc(c1)C[C@H](NC(=O)[C@H](C1CCCC1)N1CC[C@]3(CCNC3)C1=O)C(=O)N1CCC[C@H](N1)C(=O)OCC(C)(C)C2. The normalized spacial score (nSPS) is 25.0. The number of amides is 3. The first-order valence-electron chi connectivity index (χ1n) is 23.8. The van der Waals surface area contributed by atoms with Gasteiger partial charge in [-0.3, -0.25) is 29.2 Å². The Morgan fingerprint density at radius 3 is 2.60 bits per heavy atom. The summed E-state index contributed by atoms with van der Waals surface area (Å²) in [6.07, 6.45) is 8.28. The molecular formula is C51H65N7O7. The average Bonchev–Trinajstić information content (AvgIpc) is 4.13. The van der Waals surface area contributed by atoms with E-state index in [1.54, 1.807) is 30.3 Å². The van der Waals surface area contributed by atoms with Crippen molar-refractivity contribution in [2.45, 2.75) is 123 Å². The first kappa shape index (κ1) is 44.9. The van der Waals surface area contributed by atoms with E-state index in [0.717, 1.165) is 83.2 Å². The number of hydrogen-bond acceptors (Lipinski definition) is 10. The minimum Gasteiger partial charge on any atom is -0.508 e. The molecule has 6 heterocycles. The van der Waals surface area contributed by atoms with Gasteiger partial charge in [0.1, 0.15) is 23.9 Å². The van der Waals surface area contributed by atoms with E-state index in [9.17, 15) is 24.3 Å². The molecule has 0 unspecified atom stereocenters. The number of phenolic OH excluding ortho intramolecular Hbond substituents is 1. The zero-order chi connectivity index (χ0) is 45.6. The second kappa shape index (κ2) is 18.2. The van der Waals surface area contributed by atoms with Crippen LogP contribution < -0.4 is 16.1 Å². The molecule has 14 nitrogen and oxygen atoms in total. The standard InChI is InChI=1S/C51H65N7O7/c1-6-56-42-16-15-34-27-38(42)39(45(56)37-13-9-19-53-43(37)31(2)64-5)28-50(3,4)30-65-48(62)40-14-10-21-58(55-40)47(61)41(25-32-23-35(34)26-36(59)24-32)54-46(60)44(33-11-7-8-12-33)57-22-18-51(49(57)63)17-20-52-29-51/h9,13,15-16,19,23-24,26-27,31,33,40-41,44,52,55,59H,6-8,10-12,14,17-18,20-22,25,28-30H2,1-5H3,(H,54,60)/t31-,40-,41-,44-,51-/m0/s1. The van der Waals surface area contributed by atoms with Crippen molar-refractivity contribution in [3.63, 3.8) is 0 Å². The van der Waals surface area contributed by atoms with Crippen LogP contribution in [0.25, 0.3) is 33.3 Å². The fraction of sp³-hybridized carbons (Fsp3) is 0.549. The van der Waals surface area contributed by atoms with Gasteiger partial charge in [0.15, 0.2) is 0 Å². The van der Waals surface area contributed by atoms with Crippen molar-refractivity contribution in [1.82, 2.24) is 35.5 Å². The van der Waals surface area contributed by atoms with Crippen LogP contribution in [0.5, 0.6) is 5.75 Å². The third-order valence-corrected chi connectivity index (χ3v) is 14.9. The van der Waals surface area contributed by atoms with Crippen LogP contribution in [0.1, 0.15) is 102 Å². The highest BCUT2D eigenvalue weighted by atomic mass is 16.5. The van der Waals surface area contributed by atoms with Crippen molar-refractivity contribution in [2.24, 2.45) is 16.7 Å². The fourth-order valence-electron chi connectivity index (χ4n) is 11.5. The maximum atomic E-state index is 14.9. The predicted molar refractivity (Wildman–Crippen MR) is 247 cm³/mol. The van der Waals surface area contributed by atoms with E-state index in [-0.39, 0.29) is 42.6 Å². The summed E-state index contributed by atoms with van der Waals surface area (Å²) in [7, 11) is 1.69. The molecule has 5 atom stereocenters. The number of nitrogens with zero attached hydrogens (tertiary/aromatic N) is 4. The third kappa shape index (κ3) is 8.65. The van der Waals surface area contributed by atoms with E-state index in [1.165, 1.54) is 5.01 Å². The van der Waals surface area contributed by atoms with Gasteiger partial charge < -0.3 is 34.7 Å². The zero-order valence-electron chi connectivity index (χ0n) is 38.6. The second-order valence-electron chi connectivity index (χ2n) is 20.0. The number of hydrogen-bond donors (Lipinski definition) is 4. The molecule has 6 bridgehead atoms. The van der Waals surface area contributed by atoms with Gasteiger partial charge in [-0.1, -0.05) is 38.8 Å². The van der Waals surface area contributed by atoms with Gasteiger partial charge in [0.2, 0.25) is 11.8 Å². The largest absolute Gasteiger partial charge is 0.508 e. The molecule has 3 saturated heterocycles. The number of hydrazine groups is 1. The van der Waals surface area contributed by atoms with Crippen molar-refractivity contribution in [3.05, 3.63) is 71.5 Å². The Kier molecular flexibility index (Phi) is 12.5. The number of methoxy groups -OCH3 is 1. The number of likely N-dealkylation sites (tertiary alicyclic amines) is 1. The molecule has 9 rings (SSSR count). The number of cyclic esters (lactones) is 1. The molecule has 65 heavy (non-hydrogen) atoms. The number of nitrogens with one attached hydrogen (secondary N) is 3. The van der Waals surface area contributed by atoms with Crippen molar-refractivity contribution < 1.29 is 33.8 Å². The molecule has 4 aromatic rings. The highest BCUT2D eigenvalue weighted by molar-refractivity contribution is 5.96. The molecule has 3 amide bonds. The first-order chi connectivity index (χ1) is 31.3. The molecule has 1 saturated carbocycles. The number of fused-ring (bicyclic) bond motifs is 6. The number of pyridine rings is 1. The van der Waals surface area contributed by atoms with Crippen molar-refractivity contribution in [1.29, 1.82) is 0 Å². The van der Waals surface area contributed by atoms with Gasteiger partial charge in [-0.15, -0.1) is 0 Å². The Hall–Kier alpha value is -5.31. The van der Waals surface area contributed by atoms with Crippen LogP contribution in [0.4, 0.5) is 0 Å². The van der Waals surface area contributed by atoms with E-state index >= 15 is 0 Å². The van der Waals surface area contributed by atoms with Crippen molar-refractivity contribution >= 4 is 34.6 Å². The Labute approximate surface area is 381 Å². The molecular weight excluding hydrogens is 823 g/mol. The molecule has 4 N–H and O–H groups in total. The monoisotopic (exact) mass is 887 g/mol. The van der Waals surface area contributed by atoms with Crippen molar-refractivity contribution in [2.75, 3.05) is 39.9 Å². The van der Waals surface area contributed by atoms with Crippen molar-refractivity contribution in [3.8, 4) is 28.1 Å². The average molecular weight is 888 g/mol. The Morgan fingerprint density at radius 2 is 1.85 bits per heavy atom. The molecule has 0 radical (unpaired) electrons. The summed E-state index contributed by atoms with van der Waals surface area (Å²) >= 11 is 0. The van der Waals surface area contributed by atoms with Crippen LogP contribution in [0.2, 0.25) is 0 Å². The zero-order valence-corrected chi connectivity index (χ0v) is 38.6. The number of benzene rings is 2. The molecule has 4 fully saturated rings. The third-order valence-electron chi connectivity index (χ3n) is 14.9. The number of aromatic hydroxyl groups is 1. The lowest BCUT2D eigenvalue weighted by Gasteiger charge is -2.37. The first-order valence-corrected chi connectivity index (χ1v) is 23.8. The summed E-state index contributed by atoms with van der Waals surface area (Å²) in [6.45, 7) is 11.4. The van der Waals surface area contributed by atoms with E-state index < -0.39 is 40.8 Å². The minimum absolute atomic E-state index is 0.0160. The van der Waals surface area contributed by atoms with Gasteiger partial charge in [0.05, 0.1) is 29.5 Å². The number of phenols is 1. The predicted octanol–water partition coefficient (Wildman–Crippen LogP) is 6.22. The number of esters is 1. The van der Waals surface area contributed by atoms with E-state index in [2.05, 4.69) is 65.7 Å². The number of aryl methyl sites for hydroxylation is 1. The van der Waals surface area contributed by atoms with Crippen LogP contribution in [0.3, 0.4) is 0 Å². The smallest absolute Gasteiger partial charge is 0.324 e. The van der Waals surface area contributed by atoms with Gasteiger partial charge in [0, 0.05) is 67.8 Å². The molecule has 1 spiro atoms. The van der Waals surface area contributed by atoms with Crippen LogP contribution >= 0.6 is 0 Å². The summed E-state index contributed by atoms with van der Waals surface area (Å²) in [5.41, 5.74) is 9.40. The van der Waals surface area contributed by atoms with Crippen LogP contribution in [0.15, 0.2) is 54.7 Å². The lowest BCUT2D eigenvalue weighted by atomic mass is 9.84. The Morgan fingerprint density at radius 1 is 1.03 bits per heavy atom. The van der Waals surface area contributed by atoms with Crippen LogP contribution in [-0.2, 0) is 48.0 Å². The molecule has 14 heteroatoms. The molecule has 2 aromatic carbocycles. The maximum absolute atomic E-state index is 14.9. The molecule has 2 aromatic heterocycles. The summed E-state index contributed by atoms with van der Waals surface area (Å²) in [4.78, 5) is 64.5. The number of aromatic nitrogens is 2. The molecule has 346 valence electrons. The quantitative estimate of drug-likeness (QED) is 0.149. The highest BCUT2D eigenvalue weighted by Gasteiger charge is 2.53. The topological polar surface area (TPSA) is 167 Å². The summed E-state index contributed by atoms with van der Waals surface area (Å²) in [5.74, 6) is -1.13. The lowest BCUT2D eigenvalue weighted by molar-refractivity contribution is -0.155. The van der Waals surface area contributed by atoms with Gasteiger partial charge >= 0.3 is 5.97 Å². The summed E-state index contributed by atoms with van der Waals surface area (Å²) in [5, 5.41) is 20.4.